The van der Waals surface area contributed by atoms with E-state index in [9.17, 15) is 4.79 Å². The number of hydrogen-bond donors (Lipinski definition) is 0. The van der Waals surface area contributed by atoms with Gasteiger partial charge in [0.2, 0.25) is 0 Å². The molecule has 90 valence electrons. The number of carbonyl (C=O) groups excluding carboxylic acids is 1. The van der Waals surface area contributed by atoms with E-state index >= 15 is 0 Å². The summed E-state index contributed by atoms with van der Waals surface area (Å²) in [6.45, 7) is 4.62. The van der Waals surface area contributed by atoms with Crippen LogP contribution in [0.4, 0.5) is 0 Å². The van der Waals surface area contributed by atoms with Crippen molar-refractivity contribution >= 4 is 17.4 Å². The van der Waals surface area contributed by atoms with Crippen LogP contribution in [-0.2, 0) is 23.0 Å². The number of hydrogen-bond acceptors (Lipinski definition) is 3. The van der Waals surface area contributed by atoms with Crippen molar-refractivity contribution < 1.29 is 9.53 Å². The lowest BCUT2D eigenvalue weighted by atomic mass is 10.1. The number of halogens is 1. The predicted molar refractivity (Wildman–Crippen MR) is 62.8 cm³/mol. The maximum atomic E-state index is 11.6. The summed E-state index contributed by atoms with van der Waals surface area (Å²) in [4.78, 5) is 11.6. The smallest absolute Gasteiger partial charge is 0.163 e. The fourth-order valence-corrected chi connectivity index (χ4v) is 1.69. The standard InChI is InChI=1S/C11H17ClN2O2/c1-4-5-16-7-9(15)6-10-8(2)13-14(3)11(10)12/h4-7H2,1-3H3. The first kappa shape index (κ1) is 13.2. The van der Waals surface area contributed by atoms with Crippen molar-refractivity contribution in [3.63, 3.8) is 0 Å². The van der Waals surface area contributed by atoms with Crippen LogP contribution in [0.1, 0.15) is 24.6 Å². The summed E-state index contributed by atoms with van der Waals surface area (Å²) in [6.07, 6.45) is 1.21. The second-order valence-corrected chi connectivity index (χ2v) is 4.10. The summed E-state index contributed by atoms with van der Waals surface area (Å²) in [7, 11) is 1.76. The van der Waals surface area contributed by atoms with Gasteiger partial charge < -0.3 is 4.74 Å². The van der Waals surface area contributed by atoms with Crippen molar-refractivity contribution in [2.45, 2.75) is 26.7 Å². The van der Waals surface area contributed by atoms with Gasteiger partial charge in [-0.15, -0.1) is 0 Å². The first-order chi connectivity index (χ1) is 7.56. The highest BCUT2D eigenvalue weighted by atomic mass is 35.5. The fourth-order valence-electron chi connectivity index (χ4n) is 1.45. The van der Waals surface area contributed by atoms with Gasteiger partial charge in [-0.25, -0.2) is 0 Å². The zero-order valence-corrected chi connectivity index (χ0v) is 10.7. The Morgan fingerprint density at radius 1 is 1.56 bits per heavy atom. The van der Waals surface area contributed by atoms with Crippen molar-refractivity contribution in [1.82, 2.24) is 9.78 Å². The molecule has 0 aliphatic heterocycles. The number of ketones is 1. The number of aryl methyl sites for hydroxylation is 2. The van der Waals surface area contributed by atoms with Gasteiger partial charge in [-0.1, -0.05) is 18.5 Å². The normalized spacial score (nSPS) is 10.8. The Hall–Kier alpha value is -0.870. The van der Waals surface area contributed by atoms with Crippen LogP contribution in [0.3, 0.4) is 0 Å². The third-order valence-electron chi connectivity index (χ3n) is 2.26. The molecule has 1 rings (SSSR count). The van der Waals surface area contributed by atoms with Gasteiger partial charge in [-0.2, -0.15) is 5.10 Å². The molecule has 0 N–H and O–H groups in total. The van der Waals surface area contributed by atoms with E-state index in [0.29, 0.717) is 18.2 Å². The summed E-state index contributed by atoms with van der Waals surface area (Å²) in [5, 5.41) is 4.68. The average molecular weight is 245 g/mol. The lowest BCUT2D eigenvalue weighted by Gasteiger charge is -2.02. The maximum Gasteiger partial charge on any atom is 0.163 e. The van der Waals surface area contributed by atoms with E-state index in [1.165, 1.54) is 0 Å². The summed E-state index contributed by atoms with van der Waals surface area (Å²) in [5.74, 6) is 0.0338. The molecule has 0 atom stereocenters. The highest BCUT2D eigenvalue weighted by Gasteiger charge is 2.14. The minimum Gasteiger partial charge on any atom is -0.374 e. The highest BCUT2D eigenvalue weighted by molar-refractivity contribution is 6.30. The monoisotopic (exact) mass is 244 g/mol. The maximum absolute atomic E-state index is 11.6. The van der Waals surface area contributed by atoms with Gasteiger partial charge in [-0.3, -0.25) is 9.48 Å². The number of carbonyl (C=O) groups is 1. The van der Waals surface area contributed by atoms with Gasteiger partial charge in [0.15, 0.2) is 5.78 Å². The van der Waals surface area contributed by atoms with E-state index < -0.39 is 0 Å². The molecule has 1 aromatic rings. The van der Waals surface area contributed by atoms with Gasteiger partial charge in [0.25, 0.3) is 0 Å². The minimum absolute atomic E-state index is 0.0338. The van der Waals surface area contributed by atoms with Crippen LogP contribution in [0, 0.1) is 6.92 Å². The van der Waals surface area contributed by atoms with Crippen molar-refractivity contribution in [3.8, 4) is 0 Å². The Morgan fingerprint density at radius 2 is 2.25 bits per heavy atom. The summed E-state index contributed by atoms with van der Waals surface area (Å²) >= 11 is 6.03. The summed E-state index contributed by atoms with van der Waals surface area (Å²) < 4.78 is 6.76. The first-order valence-corrected chi connectivity index (χ1v) is 5.71. The number of aromatic nitrogens is 2. The van der Waals surface area contributed by atoms with E-state index in [1.807, 2.05) is 13.8 Å². The highest BCUT2D eigenvalue weighted by Crippen LogP contribution is 2.19. The molecule has 0 unspecified atom stereocenters. The van der Waals surface area contributed by atoms with Crippen LogP contribution < -0.4 is 0 Å². The molecule has 0 aromatic carbocycles. The Morgan fingerprint density at radius 3 is 2.75 bits per heavy atom. The largest absolute Gasteiger partial charge is 0.374 e. The molecule has 5 heteroatoms. The predicted octanol–water partition coefficient (Wildman–Crippen LogP) is 1.92. The summed E-state index contributed by atoms with van der Waals surface area (Å²) in [5.41, 5.74) is 1.60. The number of nitrogens with zero attached hydrogens (tertiary/aromatic N) is 2. The van der Waals surface area contributed by atoms with Crippen molar-refractivity contribution in [1.29, 1.82) is 0 Å². The summed E-state index contributed by atoms with van der Waals surface area (Å²) in [6, 6.07) is 0. The van der Waals surface area contributed by atoms with E-state index in [0.717, 1.165) is 17.7 Å². The molecule has 0 saturated heterocycles. The molecule has 0 fully saturated rings. The lowest BCUT2D eigenvalue weighted by Crippen LogP contribution is -2.12. The lowest BCUT2D eigenvalue weighted by molar-refractivity contribution is -0.122. The van der Waals surface area contributed by atoms with Crippen molar-refractivity contribution in [2.75, 3.05) is 13.2 Å². The first-order valence-electron chi connectivity index (χ1n) is 5.33. The van der Waals surface area contributed by atoms with Gasteiger partial charge in [0.1, 0.15) is 11.8 Å². The van der Waals surface area contributed by atoms with E-state index in [-0.39, 0.29) is 12.4 Å². The van der Waals surface area contributed by atoms with Gasteiger partial charge in [0.05, 0.1) is 5.69 Å². The number of ether oxygens (including phenoxy) is 1. The molecular weight excluding hydrogens is 228 g/mol. The van der Waals surface area contributed by atoms with Crippen molar-refractivity contribution in [3.05, 3.63) is 16.4 Å². The quantitative estimate of drug-likeness (QED) is 0.719. The van der Waals surface area contributed by atoms with Crippen LogP contribution in [0.5, 0.6) is 0 Å². The van der Waals surface area contributed by atoms with Crippen LogP contribution in [0.25, 0.3) is 0 Å². The van der Waals surface area contributed by atoms with Crippen LogP contribution in [0.15, 0.2) is 0 Å². The second kappa shape index (κ2) is 6.01. The van der Waals surface area contributed by atoms with Crippen LogP contribution in [-0.4, -0.2) is 28.8 Å². The molecule has 0 spiro atoms. The third-order valence-corrected chi connectivity index (χ3v) is 2.73. The topological polar surface area (TPSA) is 44.1 Å². The van der Waals surface area contributed by atoms with Gasteiger partial charge in [0, 0.05) is 25.6 Å². The molecular formula is C11H17ClN2O2. The van der Waals surface area contributed by atoms with E-state index in [4.69, 9.17) is 16.3 Å². The molecule has 0 aliphatic rings. The number of rotatable bonds is 6. The molecule has 4 nitrogen and oxygen atoms in total. The SMILES string of the molecule is CCCOCC(=O)Cc1c(C)nn(C)c1Cl. The average Bonchev–Trinajstić information content (AvgIpc) is 2.46. The number of Topliss-reactive ketones (excluding diaryl/α,β-unsaturated/α-hetero) is 1. The Balaban J connectivity index is 2.56. The van der Waals surface area contributed by atoms with Gasteiger partial charge >= 0.3 is 0 Å². The molecule has 0 bridgehead atoms. The minimum atomic E-state index is 0.0338. The van der Waals surface area contributed by atoms with Gasteiger partial charge in [-0.05, 0) is 13.3 Å². The van der Waals surface area contributed by atoms with E-state index in [2.05, 4.69) is 5.10 Å². The molecule has 1 aromatic heterocycles. The zero-order valence-electron chi connectivity index (χ0n) is 9.92. The molecule has 0 amide bonds. The molecule has 1 heterocycles. The zero-order chi connectivity index (χ0) is 12.1. The molecule has 0 saturated carbocycles. The van der Waals surface area contributed by atoms with Crippen LogP contribution in [0.2, 0.25) is 5.15 Å². The van der Waals surface area contributed by atoms with Crippen molar-refractivity contribution in [2.24, 2.45) is 7.05 Å². The second-order valence-electron chi connectivity index (χ2n) is 3.75. The molecule has 16 heavy (non-hydrogen) atoms. The third kappa shape index (κ3) is 3.32. The Bertz CT molecular complexity index is 374. The Kier molecular flexibility index (Phi) is 4.96. The van der Waals surface area contributed by atoms with E-state index in [1.54, 1.807) is 11.7 Å². The molecule has 0 radical (unpaired) electrons. The Labute approximate surface area is 101 Å². The molecule has 0 aliphatic carbocycles. The van der Waals surface area contributed by atoms with Crippen LogP contribution >= 0.6 is 11.6 Å². The fraction of sp³-hybridized carbons (Fsp3) is 0.636.